The van der Waals surface area contributed by atoms with Gasteiger partial charge in [-0.1, -0.05) is 87.4 Å². The largest absolute Gasteiger partial charge is 0.497 e. The number of fused-ring (bicyclic) bond motifs is 10. The summed E-state index contributed by atoms with van der Waals surface area (Å²) in [5, 5.41) is 25.2. The lowest BCUT2D eigenvalue weighted by Gasteiger charge is -2.29. The van der Waals surface area contributed by atoms with Gasteiger partial charge in [0.2, 0.25) is 65.5 Å². The third-order valence-corrected chi connectivity index (χ3v) is 17.7. The molecule has 8 rings (SSSR count). The van der Waals surface area contributed by atoms with Crippen molar-refractivity contribution in [2.24, 2.45) is 0 Å². The summed E-state index contributed by atoms with van der Waals surface area (Å²) < 4.78 is 28.6. The summed E-state index contributed by atoms with van der Waals surface area (Å²) in [7, 11) is 1.56. The van der Waals surface area contributed by atoms with Crippen molar-refractivity contribution < 1.29 is 66.6 Å². The third-order valence-electron chi connectivity index (χ3n) is 17.7. The van der Waals surface area contributed by atoms with Crippen LogP contribution in [0.5, 0.6) is 5.75 Å². The molecule has 1 aromatic heterocycles. The second kappa shape index (κ2) is 36.4. The SMILES string of the molecule is CCCNC(=O)C1NC(=O)[C@@H]2Cc3cn(c4ccc(F)cc34)CCCCCCN(Cc3ccc(CCNC(=O)C4CCCN4C(=O)C(Cc4ccc(OC)cc4)NC=O)cc3)C(=O)CCC(=O)NC(C)C(=O)NCC(=O)NC(Cc3cccc(c3)CNC(=O)COC1CC)C(=O)N2. The first-order chi connectivity index (χ1) is 46.8. The summed E-state index contributed by atoms with van der Waals surface area (Å²) in [5.41, 5.74) is 4.91. The van der Waals surface area contributed by atoms with E-state index in [1.54, 1.807) is 67.6 Å². The van der Waals surface area contributed by atoms with Gasteiger partial charge in [-0.2, -0.15) is 0 Å². The molecule has 97 heavy (non-hydrogen) atoms. The second-order valence-corrected chi connectivity index (χ2v) is 24.9. The number of methoxy groups -OCH3 is 1. The summed E-state index contributed by atoms with van der Waals surface area (Å²) in [5.74, 6) is -5.60. The van der Waals surface area contributed by atoms with Crippen LogP contribution < -0.4 is 52.6 Å². The molecule has 11 amide bonds. The summed E-state index contributed by atoms with van der Waals surface area (Å²) in [6, 6.07) is 19.2. The van der Waals surface area contributed by atoms with Crippen LogP contribution in [0.2, 0.25) is 0 Å². The molecule has 9 N–H and O–H groups in total. The van der Waals surface area contributed by atoms with E-state index in [4.69, 9.17) is 9.47 Å². The first-order valence-electron chi connectivity index (χ1n) is 33.6. The van der Waals surface area contributed by atoms with Gasteiger partial charge in [0.05, 0.1) is 19.8 Å². The Morgan fingerprint density at radius 1 is 0.701 bits per heavy atom. The monoisotopic (exact) mass is 1340 g/mol. The van der Waals surface area contributed by atoms with Gasteiger partial charge in [-0.3, -0.25) is 52.7 Å². The van der Waals surface area contributed by atoms with Gasteiger partial charge in [0.25, 0.3) is 0 Å². The molecule has 6 unspecified atom stereocenters. The van der Waals surface area contributed by atoms with Crippen LogP contribution in [0.1, 0.15) is 118 Å². The van der Waals surface area contributed by atoms with Crippen molar-refractivity contribution in [2.75, 3.05) is 46.4 Å². The van der Waals surface area contributed by atoms with Gasteiger partial charge in [-0.15, -0.1) is 0 Å². The molecule has 25 nitrogen and oxygen atoms in total. The number of likely N-dealkylation sites (tertiary alicyclic amines) is 1. The Labute approximate surface area is 564 Å². The normalized spacial score (nSPS) is 21.4. The number of nitrogens with one attached hydrogen (secondary N) is 9. The lowest BCUT2D eigenvalue weighted by atomic mass is 10.00. The van der Waals surface area contributed by atoms with E-state index in [0.29, 0.717) is 117 Å². The first kappa shape index (κ1) is 73.1. The molecular formula is C71H91FN12O13. The molecule has 7 atom stereocenters. The molecule has 0 aliphatic carbocycles. The number of amides is 11. The molecule has 0 spiro atoms. The zero-order valence-electron chi connectivity index (χ0n) is 55.6. The minimum Gasteiger partial charge on any atom is -0.497 e. The van der Waals surface area contributed by atoms with Gasteiger partial charge in [-0.25, -0.2) is 4.39 Å². The maximum atomic E-state index is 15.4. The van der Waals surface area contributed by atoms with Crippen LogP contribution >= 0.6 is 0 Å². The van der Waals surface area contributed by atoms with Crippen molar-refractivity contribution in [1.29, 1.82) is 0 Å². The number of benzene rings is 4. The van der Waals surface area contributed by atoms with E-state index >= 15 is 4.39 Å². The minimum atomic E-state index is -1.45. The number of rotatable bonds is 16. The van der Waals surface area contributed by atoms with Crippen molar-refractivity contribution >= 4 is 76.4 Å². The lowest BCUT2D eigenvalue weighted by molar-refractivity contribution is -0.140. The van der Waals surface area contributed by atoms with Crippen LogP contribution in [0.15, 0.2) is 97.2 Å². The number of carbonyl (C=O) groups is 11. The Morgan fingerprint density at radius 2 is 1.41 bits per heavy atom. The fraction of sp³-hybridized carbons (Fsp3) is 0.479. The molecule has 520 valence electrons. The molecule has 3 aliphatic heterocycles. The van der Waals surface area contributed by atoms with Gasteiger partial charge in [0.15, 0.2) is 0 Å². The van der Waals surface area contributed by atoms with Crippen molar-refractivity contribution in [3.8, 4) is 5.75 Å². The van der Waals surface area contributed by atoms with Gasteiger partial charge in [0.1, 0.15) is 54.4 Å². The van der Waals surface area contributed by atoms with E-state index in [9.17, 15) is 52.7 Å². The summed E-state index contributed by atoms with van der Waals surface area (Å²) in [6.07, 6.45) is 5.78. The van der Waals surface area contributed by atoms with E-state index in [0.717, 1.165) is 16.7 Å². The maximum absolute atomic E-state index is 15.4. The number of halogens is 1. The maximum Gasteiger partial charge on any atom is 0.246 e. The molecule has 5 aromatic rings. The minimum absolute atomic E-state index is 0.0663. The molecule has 0 radical (unpaired) electrons. The number of nitrogens with zero attached hydrogens (tertiary/aromatic N) is 3. The second-order valence-electron chi connectivity index (χ2n) is 24.9. The van der Waals surface area contributed by atoms with Crippen LogP contribution in [0, 0.1) is 5.82 Å². The molecule has 0 saturated carbocycles. The molecule has 4 aromatic carbocycles. The predicted octanol–water partition coefficient (Wildman–Crippen LogP) is 2.99. The van der Waals surface area contributed by atoms with Crippen molar-refractivity contribution in [1.82, 2.24) is 62.2 Å². The van der Waals surface area contributed by atoms with Gasteiger partial charge < -0.3 is 71.7 Å². The molecule has 6 bridgehead atoms. The molecule has 26 heteroatoms. The van der Waals surface area contributed by atoms with E-state index < -0.39 is 103 Å². The van der Waals surface area contributed by atoms with Crippen LogP contribution in [0.25, 0.3) is 10.9 Å². The Morgan fingerprint density at radius 3 is 2.15 bits per heavy atom. The Hall–Kier alpha value is -9.72. The number of carbonyl (C=O) groups excluding carboxylic acids is 11. The molecule has 1 fully saturated rings. The number of ether oxygens (including phenoxy) is 2. The smallest absolute Gasteiger partial charge is 0.246 e. The Kier molecular flexibility index (Phi) is 27.4. The van der Waals surface area contributed by atoms with Crippen molar-refractivity contribution in [2.45, 2.75) is 173 Å². The number of hydrogen-bond donors (Lipinski definition) is 9. The lowest BCUT2D eigenvalue weighted by Crippen LogP contribution is -2.60. The highest BCUT2D eigenvalue weighted by Crippen LogP contribution is 2.27. The molecule has 3 aliphatic rings. The average Bonchev–Trinajstić information content (AvgIpc) is 1.66. The zero-order chi connectivity index (χ0) is 69.4. The number of hydrogen-bond acceptors (Lipinski definition) is 13. The Bertz CT molecular complexity index is 3590. The summed E-state index contributed by atoms with van der Waals surface area (Å²) >= 11 is 0. The number of aryl methyl sites for hydroxylation is 1. The Balaban J connectivity index is 0.978. The van der Waals surface area contributed by atoms with Crippen LogP contribution in [0.4, 0.5) is 4.39 Å². The van der Waals surface area contributed by atoms with Crippen molar-refractivity contribution in [3.63, 3.8) is 0 Å². The average molecular weight is 1340 g/mol. The zero-order valence-corrected chi connectivity index (χ0v) is 55.6. The first-order valence-corrected chi connectivity index (χ1v) is 33.6. The van der Waals surface area contributed by atoms with Crippen LogP contribution in [0.3, 0.4) is 0 Å². The highest BCUT2D eigenvalue weighted by Gasteiger charge is 2.38. The summed E-state index contributed by atoms with van der Waals surface area (Å²) in [4.78, 5) is 154. The van der Waals surface area contributed by atoms with Crippen molar-refractivity contribution in [3.05, 3.63) is 136 Å². The van der Waals surface area contributed by atoms with E-state index in [1.165, 1.54) is 24.0 Å². The fourth-order valence-corrected chi connectivity index (χ4v) is 12.4. The quantitative estimate of drug-likeness (QED) is 0.0643. The number of aromatic nitrogens is 1. The highest BCUT2D eigenvalue weighted by atomic mass is 19.1. The predicted molar refractivity (Wildman–Crippen MR) is 358 cm³/mol. The van der Waals surface area contributed by atoms with Gasteiger partial charge in [-0.05, 0) is 116 Å². The van der Waals surface area contributed by atoms with E-state index in [2.05, 4.69) is 47.9 Å². The van der Waals surface area contributed by atoms with Crippen LogP contribution in [-0.4, -0.2) is 169 Å². The molecular weight excluding hydrogens is 1250 g/mol. The highest BCUT2D eigenvalue weighted by molar-refractivity contribution is 5.97. The van der Waals surface area contributed by atoms with Gasteiger partial charge >= 0.3 is 0 Å². The topological polar surface area (TPSA) is 326 Å². The molecule has 4 heterocycles. The van der Waals surface area contributed by atoms with Gasteiger partial charge in [0, 0.05) is 95.0 Å². The van der Waals surface area contributed by atoms with E-state index in [1.807, 2.05) is 47.9 Å². The molecule has 1 saturated heterocycles. The van der Waals surface area contributed by atoms with Crippen LogP contribution in [-0.2, 0) is 103 Å². The van der Waals surface area contributed by atoms with E-state index in [-0.39, 0.29) is 75.9 Å². The summed E-state index contributed by atoms with van der Waals surface area (Å²) in [6.45, 7) is 5.98. The fourth-order valence-electron chi connectivity index (χ4n) is 12.4. The standard InChI is InChI=1S/C71H91FN12O13/c1-5-29-73-70(94)65-60(6-2)97-43-63(88)75-39-50-14-11-13-49(34-50)36-55-67(91)80-56(68(92)81-65)37-51-42-82(58-25-22-52(72)38-54(51)58)31-9-7-8-10-32-83(64(89)27-26-61(86)78-45(3)66(90)76-40-62(87)79-55)41-48-18-16-46(17-19-48)28-30-74-69(93)59-15-12-33-84(59)71(95)57(77-44-85)35-47-20-23-53(96-4)24-21-47/h11,13-14,16-25,34,38,42,44-45,55-57,59-60,65H,5-10,12,15,26-33,35-37,39-41,43H2,1-4H3,(H,73,94)(H,74,93)(H,75,88)(H,76,90)(H,77,85)(H,78,86)(H,79,87)(H,80,91)(H,81,92)/t45?,55?,56-,57?,59?,60?,65?/m0/s1. The third kappa shape index (κ3) is 21.4.